The molecule has 2 heterocycles. The summed E-state index contributed by atoms with van der Waals surface area (Å²) in [5.74, 6) is 0.871. The molecule has 0 aliphatic heterocycles. The van der Waals surface area contributed by atoms with E-state index in [2.05, 4.69) is 49.2 Å². The van der Waals surface area contributed by atoms with Crippen molar-refractivity contribution in [1.82, 2.24) is 14.6 Å². The summed E-state index contributed by atoms with van der Waals surface area (Å²) in [6, 6.07) is 2.39. The monoisotopic (exact) mass is 290 g/mol. The van der Waals surface area contributed by atoms with Gasteiger partial charge in [0, 0.05) is 24.9 Å². The summed E-state index contributed by atoms with van der Waals surface area (Å²) in [4.78, 5) is 4.48. The Labute approximate surface area is 126 Å². The number of fused-ring (bicyclic) bond motifs is 1. The minimum absolute atomic E-state index is 0.0264. The molecule has 0 radical (unpaired) electrons. The molecule has 21 heavy (non-hydrogen) atoms. The van der Waals surface area contributed by atoms with Gasteiger partial charge < -0.3 is 10.1 Å². The van der Waals surface area contributed by atoms with Crippen LogP contribution < -0.4 is 5.32 Å². The number of hydrogen-bond donors (Lipinski definition) is 1. The molecule has 116 valence electrons. The average molecular weight is 290 g/mol. The maximum absolute atomic E-state index is 5.29. The van der Waals surface area contributed by atoms with Crippen molar-refractivity contribution in [2.24, 2.45) is 0 Å². The van der Waals surface area contributed by atoms with Gasteiger partial charge in [-0.2, -0.15) is 5.10 Å². The van der Waals surface area contributed by atoms with Gasteiger partial charge in [0.05, 0.1) is 18.3 Å². The topological polar surface area (TPSA) is 51.5 Å². The molecule has 2 aromatic rings. The van der Waals surface area contributed by atoms with Gasteiger partial charge >= 0.3 is 0 Å². The van der Waals surface area contributed by atoms with Gasteiger partial charge in [0.25, 0.3) is 0 Å². The van der Waals surface area contributed by atoms with Crippen molar-refractivity contribution in [1.29, 1.82) is 0 Å². The van der Waals surface area contributed by atoms with Crippen LogP contribution in [0.25, 0.3) is 5.52 Å². The highest BCUT2D eigenvalue weighted by Crippen LogP contribution is 2.25. The fourth-order valence-electron chi connectivity index (χ4n) is 2.34. The first-order valence-corrected chi connectivity index (χ1v) is 7.56. The Morgan fingerprint density at radius 1 is 1.38 bits per heavy atom. The molecule has 0 aromatic carbocycles. The van der Waals surface area contributed by atoms with Crippen LogP contribution in [-0.4, -0.2) is 34.4 Å². The van der Waals surface area contributed by atoms with E-state index in [9.17, 15) is 0 Å². The molecule has 0 saturated carbocycles. The maximum atomic E-state index is 5.29. The van der Waals surface area contributed by atoms with Crippen molar-refractivity contribution < 1.29 is 4.74 Å². The Balaban J connectivity index is 2.33. The van der Waals surface area contributed by atoms with Crippen molar-refractivity contribution in [3.63, 3.8) is 0 Å². The van der Waals surface area contributed by atoms with Crippen molar-refractivity contribution >= 4 is 11.3 Å². The Bertz CT molecular complexity index is 579. The maximum Gasteiger partial charge on any atom is 0.152 e. The highest BCUT2D eigenvalue weighted by molar-refractivity contribution is 5.68. The molecule has 0 saturated heterocycles. The van der Waals surface area contributed by atoms with Gasteiger partial charge in [0.15, 0.2) is 5.82 Å². The van der Waals surface area contributed by atoms with E-state index in [4.69, 9.17) is 4.74 Å². The lowest BCUT2D eigenvalue weighted by Crippen LogP contribution is -2.25. The molecule has 0 bridgehead atoms. The summed E-state index contributed by atoms with van der Waals surface area (Å²) in [5.41, 5.74) is 2.11. The summed E-state index contributed by atoms with van der Waals surface area (Å²) >= 11 is 0. The molecule has 5 nitrogen and oxygen atoms in total. The Kier molecular flexibility index (Phi) is 4.83. The van der Waals surface area contributed by atoms with Crippen LogP contribution in [0, 0.1) is 0 Å². The SMILES string of the molecule is CCCC(COC)Nc1nccn2nc(C(C)(C)C)cc12. The molecule has 0 aliphatic carbocycles. The zero-order chi connectivity index (χ0) is 15.5. The third-order valence-corrected chi connectivity index (χ3v) is 3.50. The minimum atomic E-state index is 0.0264. The van der Waals surface area contributed by atoms with Crippen LogP contribution in [0.4, 0.5) is 5.82 Å². The number of methoxy groups -OCH3 is 1. The molecule has 2 rings (SSSR count). The number of hydrogen-bond acceptors (Lipinski definition) is 4. The van der Waals surface area contributed by atoms with E-state index in [1.54, 1.807) is 13.3 Å². The second kappa shape index (κ2) is 6.43. The van der Waals surface area contributed by atoms with E-state index in [1.807, 2.05) is 10.7 Å². The van der Waals surface area contributed by atoms with Crippen LogP contribution in [0.15, 0.2) is 18.5 Å². The van der Waals surface area contributed by atoms with Crippen LogP contribution >= 0.6 is 0 Å². The standard InChI is InChI=1S/C16H26N4O/c1-6-7-12(11-21-5)18-15-13-10-14(16(2,3)4)19-20(13)9-8-17-15/h8-10,12H,6-7,11H2,1-5H3,(H,17,18). The quantitative estimate of drug-likeness (QED) is 0.887. The first kappa shape index (κ1) is 15.8. The Hall–Kier alpha value is -1.62. The van der Waals surface area contributed by atoms with Gasteiger partial charge in [-0.3, -0.25) is 0 Å². The van der Waals surface area contributed by atoms with Crippen LogP contribution in [0.1, 0.15) is 46.2 Å². The third-order valence-electron chi connectivity index (χ3n) is 3.50. The van der Waals surface area contributed by atoms with Crippen LogP contribution in [0.3, 0.4) is 0 Å². The zero-order valence-corrected chi connectivity index (χ0v) is 13.7. The summed E-state index contributed by atoms with van der Waals surface area (Å²) in [5, 5.41) is 8.14. The summed E-state index contributed by atoms with van der Waals surface area (Å²) in [7, 11) is 1.73. The predicted octanol–water partition coefficient (Wildman–Crippen LogP) is 3.25. The number of rotatable bonds is 6. The van der Waals surface area contributed by atoms with E-state index in [-0.39, 0.29) is 11.5 Å². The number of nitrogens with zero attached hydrogens (tertiary/aromatic N) is 3. The summed E-state index contributed by atoms with van der Waals surface area (Å²) in [6.45, 7) is 9.35. The van der Waals surface area contributed by atoms with E-state index >= 15 is 0 Å². The van der Waals surface area contributed by atoms with Crippen molar-refractivity contribution in [3.05, 3.63) is 24.2 Å². The fourth-order valence-corrected chi connectivity index (χ4v) is 2.34. The van der Waals surface area contributed by atoms with Crippen LogP contribution in [0.2, 0.25) is 0 Å². The molecule has 0 spiro atoms. The lowest BCUT2D eigenvalue weighted by molar-refractivity contribution is 0.182. The highest BCUT2D eigenvalue weighted by atomic mass is 16.5. The lowest BCUT2D eigenvalue weighted by atomic mass is 9.92. The van der Waals surface area contributed by atoms with Crippen molar-refractivity contribution in [3.8, 4) is 0 Å². The number of ether oxygens (including phenoxy) is 1. The Morgan fingerprint density at radius 2 is 2.14 bits per heavy atom. The molecule has 1 N–H and O–H groups in total. The Morgan fingerprint density at radius 3 is 2.76 bits per heavy atom. The predicted molar refractivity (Wildman–Crippen MR) is 85.9 cm³/mol. The molecule has 5 heteroatoms. The smallest absolute Gasteiger partial charge is 0.152 e. The molecular formula is C16H26N4O. The van der Waals surface area contributed by atoms with Gasteiger partial charge in [0.1, 0.15) is 5.52 Å². The molecular weight excluding hydrogens is 264 g/mol. The first-order valence-electron chi connectivity index (χ1n) is 7.56. The summed E-state index contributed by atoms with van der Waals surface area (Å²) < 4.78 is 7.18. The van der Waals surface area contributed by atoms with E-state index in [0.717, 1.165) is 29.9 Å². The molecule has 2 aromatic heterocycles. The number of nitrogens with one attached hydrogen (secondary N) is 1. The van der Waals surface area contributed by atoms with E-state index in [1.165, 1.54) is 0 Å². The number of anilines is 1. The molecule has 0 amide bonds. The van der Waals surface area contributed by atoms with Gasteiger partial charge in [-0.1, -0.05) is 34.1 Å². The number of aromatic nitrogens is 3. The van der Waals surface area contributed by atoms with Gasteiger partial charge in [-0.25, -0.2) is 9.50 Å². The van der Waals surface area contributed by atoms with Crippen molar-refractivity contribution in [2.45, 2.75) is 52.0 Å². The van der Waals surface area contributed by atoms with E-state index in [0.29, 0.717) is 6.61 Å². The highest BCUT2D eigenvalue weighted by Gasteiger charge is 2.19. The normalized spacial score (nSPS) is 13.6. The molecule has 0 aliphatic rings. The second-order valence-corrected chi connectivity index (χ2v) is 6.47. The minimum Gasteiger partial charge on any atom is -0.383 e. The first-order chi connectivity index (χ1) is 9.95. The molecule has 1 unspecified atom stereocenters. The van der Waals surface area contributed by atoms with Crippen LogP contribution in [0.5, 0.6) is 0 Å². The lowest BCUT2D eigenvalue weighted by Gasteiger charge is -2.18. The van der Waals surface area contributed by atoms with Crippen molar-refractivity contribution in [2.75, 3.05) is 19.0 Å². The van der Waals surface area contributed by atoms with Gasteiger partial charge in [-0.15, -0.1) is 0 Å². The van der Waals surface area contributed by atoms with E-state index < -0.39 is 0 Å². The summed E-state index contributed by atoms with van der Waals surface area (Å²) in [6.07, 6.45) is 5.83. The molecule has 0 fully saturated rings. The zero-order valence-electron chi connectivity index (χ0n) is 13.7. The largest absolute Gasteiger partial charge is 0.383 e. The average Bonchev–Trinajstić information content (AvgIpc) is 2.84. The molecule has 1 atom stereocenters. The second-order valence-electron chi connectivity index (χ2n) is 6.47. The third kappa shape index (κ3) is 3.73. The fraction of sp³-hybridized carbons (Fsp3) is 0.625. The van der Waals surface area contributed by atoms with Gasteiger partial charge in [0.2, 0.25) is 0 Å². The van der Waals surface area contributed by atoms with Gasteiger partial charge in [-0.05, 0) is 12.5 Å². The van der Waals surface area contributed by atoms with Crippen LogP contribution in [-0.2, 0) is 10.2 Å².